The summed E-state index contributed by atoms with van der Waals surface area (Å²) < 4.78 is 4.84. The molecule has 0 fully saturated rings. The smallest absolute Gasteiger partial charge is 0.335 e. The zero-order valence-electron chi connectivity index (χ0n) is 13.2. The maximum absolute atomic E-state index is 12.3. The van der Waals surface area contributed by atoms with Crippen LogP contribution >= 0.6 is 0 Å². The summed E-state index contributed by atoms with van der Waals surface area (Å²) in [6, 6.07) is 0. The number of carbonyl (C=O) groups is 2. The normalized spacial score (nSPS) is 17.9. The van der Waals surface area contributed by atoms with E-state index in [9.17, 15) is 9.59 Å². The molecule has 0 saturated carbocycles. The van der Waals surface area contributed by atoms with Crippen LogP contribution in [0.3, 0.4) is 0 Å². The molecule has 0 N–H and O–H groups in total. The molecule has 0 aromatic carbocycles. The van der Waals surface area contributed by atoms with Crippen LogP contribution in [0.5, 0.6) is 0 Å². The standard InChI is InChI=1S/C16H23NO4/c1-6-8-11(17-21-9-7-2)13-12(18)10-16(3,4)14(13)15(19)20-5/h7H,2,6,8-10H2,1,3-5H3. The van der Waals surface area contributed by atoms with Crippen molar-refractivity contribution in [1.82, 2.24) is 0 Å². The Morgan fingerprint density at radius 1 is 1.48 bits per heavy atom. The van der Waals surface area contributed by atoms with Gasteiger partial charge >= 0.3 is 5.97 Å². The number of ether oxygens (including phenoxy) is 1. The van der Waals surface area contributed by atoms with Crippen molar-refractivity contribution >= 4 is 17.5 Å². The number of carbonyl (C=O) groups excluding carboxylic acids is 2. The Labute approximate surface area is 125 Å². The summed E-state index contributed by atoms with van der Waals surface area (Å²) in [5.74, 6) is -0.567. The van der Waals surface area contributed by atoms with E-state index in [1.807, 2.05) is 20.8 Å². The molecule has 0 spiro atoms. The summed E-state index contributed by atoms with van der Waals surface area (Å²) in [7, 11) is 1.32. The van der Waals surface area contributed by atoms with Crippen LogP contribution in [0.1, 0.15) is 40.0 Å². The highest BCUT2D eigenvalue weighted by Crippen LogP contribution is 2.41. The van der Waals surface area contributed by atoms with Crippen molar-refractivity contribution in [2.45, 2.75) is 40.0 Å². The third-order valence-corrected chi connectivity index (χ3v) is 3.34. The zero-order chi connectivity index (χ0) is 16.0. The van der Waals surface area contributed by atoms with Gasteiger partial charge < -0.3 is 9.57 Å². The highest BCUT2D eigenvalue weighted by atomic mass is 16.6. The van der Waals surface area contributed by atoms with E-state index < -0.39 is 11.4 Å². The average Bonchev–Trinajstić information content (AvgIpc) is 2.66. The van der Waals surface area contributed by atoms with E-state index >= 15 is 0 Å². The van der Waals surface area contributed by atoms with E-state index in [0.717, 1.165) is 6.42 Å². The Kier molecular flexibility index (Phi) is 5.88. The predicted octanol–water partition coefficient (Wildman–Crippen LogP) is 2.81. The number of nitrogens with zero attached hydrogens (tertiary/aromatic N) is 1. The lowest BCUT2D eigenvalue weighted by Crippen LogP contribution is -2.20. The molecule has 0 atom stereocenters. The first-order chi connectivity index (χ1) is 9.88. The summed E-state index contributed by atoms with van der Waals surface area (Å²) in [6.45, 7) is 9.50. The monoisotopic (exact) mass is 293 g/mol. The molecule has 116 valence electrons. The number of esters is 1. The van der Waals surface area contributed by atoms with Gasteiger partial charge in [0.2, 0.25) is 0 Å². The molecule has 0 bridgehead atoms. The van der Waals surface area contributed by atoms with Crippen LogP contribution in [0, 0.1) is 5.41 Å². The van der Waals surface area contributed by atoms with E-state index in [4.69, 9.17) is 9.57 Å². The van der Waals surface area contributed by atoms with Crippen molar-refractivity contribution in [3.05, 3.63) is 23.8 Å². The van der Waals surface area contributed by atoms with Crippen LogP contribution in [0.2, 0.25) is 0 Å². The van der Waals surface area contributed by atoms with Gasteiger partial charge in [-0.25, -0.2) is 4.79 Å². The van der Waals surface area contributed by atoms with Gasteiger partial charge in [0, 0.05) is 11.8 Å². The third-order valence-electron chi connectivity index (χ3n) is 3.34. The Morgan fingerprint density at radius 3 is 2.67 bits per heavy atom. The molecule has 0 unspecified atom stereocenters. The van der Waals surface area contributed by atoms with Gasteiger partial charge in [-0.1, -0.05) is 45.0 Å². The molecule has 0 aromatic rings. The number of Topliss-reactive ketones (excluding diaryl/α,β-unsaturated/α-hetero) is 1. The van der Waals surface area contributed by atoms with Gasteiger partial charge in [0.1, 0.15) is 6.61 Å². The molecule has 1 aliphatic carbocycles. The summed E-state index contributed by atoms with van der Waals surface area (Å²) in [5, 5.41) is 4.03. The topological polar surface area (TPSA) is 65.0 Å². The Bertz CT molecular complexity index is 500. The van der Waals surface area contributed by atoms with Crippen molar-refractivity contribution in [3.8, 4) is 0 Å². The number of oxime groups is 1. The molecule has 0 aromatic heterocycles. The fourth-order valence-electron chi connectivity index (χ4n) is 2.46. The minimum Gasteiger partial charge on any atom is -0.466 e. The third kappa shape index (κ3) is 3.80. The molecule has 0 aliphatic heterocycles. The van der Waals surface area contributed by atoms with Crippen LogP contribution in [-0.4, -0.2) is 31.2 Å². The zero-order valence-corrected chi connectivity index (χ0v) is 13.2. The Balaban J connectivity index is 3.34. The first-order valence-corrected chi connectivity index (χ1v) is 7.05. The molecular formula is C16H23NO4. The minimum atomic E-state index is -0.549. The van der Waals surface area contributed by atoms with Crippen LogP contribution in [-0.2, 0) is 19.2 Å². The second-order valence-corrected chi connectivity index (χ2v) is 5.60. The number of methoxy groups -OCH3 is 1. The van der Waals surface area contributed by atoms with Crippen molar-refractivity contribution in [2.24, 2.45) is 10.6 Å². The lowest BCUT2D eigenvalue weighted by Gasteiger charge is -2.19. The van der Waals surface area contributed by atoms with Crippen molar-refractivity contribution < 1.29 is 19.2 Å². The molecule has 0 amide bonds. The number of rotatable bonds is 7. The molecule has 5 heteroatoms. The van der Waals surface area contributed by atoms with Gasteiger partial charge in [-0.05, 0) is 6.42 Å². The van der Waals surface area contributed by atoms with Gasteiger partial charge in [-0.15, -0.1) is 0 Å². The van der Waals surface area contributed by atoms with Gasteiger partial charge in [0.05, 0.1) is 24.0 Å². The highest BCUT2D eigenvalue weighted by Gasteiger charge is 2.44. The molecule has 21 heavy (non-hydrogen) atoms. The van der Waals surface area contributed by atoms with Crippen LogP contribution in [0.4, 0.5) is 0 Å². The maximum Gasteiger partial charge on any atom is 0.335 e. The van der Waals surface area contributed by atoms with Crippen LogP contribution in [0.15, 0.2) is 29.0 Å². The second kappa shape index (κ2) is 7.20. The second-order valence-electron chi connectivity index (χ2n) is 5.60. The number of hydrogen-bond donors (Lipinski definition) is 0. The van der Waals surface area contributed by atoms with Crippen molar-refractivity contribution in [3.63, 3.8) is 0 Å². The van der Waals surface area contributed by atoms with E-state index in [0.29, 0.717) is 23.3 Å². The lowest BCUT2D eigenvalue weighted by atomic mass is 9.85. The molecule has 1 rings (SSSR count). The van der Waals surface area contributed by atoms with Gasteiger partial charge in [0.15, 0.2) is 5.78 Å². The van der Waals surface area contributed by atoms with Gasteiger partial charge in [0.25, 0.3) is 0 Å². The Morgan fingerprint density at radius 2 is 2.14 bits per heavy atom. The van der Waals surface area contributed by atoms with Crippen molar-refractivity contribution in [2.75, 3.05) is 13.7 Å². The first kappa shape index (κ1) is 17.1. The SMILES string of the molecule is C=CCON=C(CCC)C1=C(C(=O)OC)C(C)(C)CC1=O. The molecule has 5 nitrogen and oxygen atoms in total. The summed E-state index contributed by atoms with van der Waals surface area (Å²) in [6.07, 6.45) is 3.21. The minimum absolute atomic E-state index is 0.0881. The summed E-state index contributed by atoms with van der Waals surface area (Å²) in [5.41, 5.74) is 0.712. The maximum atomic E-state index is 12.3. The molecule has 0 saturated heterocycles. The van der Waals surface area contributed by atoms with Gasteiger partial charge in [-0.2, -0.15) is 0 Å². The van der Waals surface area contributed by atoms with E-state index in [1.165, 1.54) is 7.11 Å². The largest absolute Gasteiger partial charge is 0.466 e. The molecule has 0 radical (unpaired) electrons. The number of allylic oxidation sites excluding steroid dienone is 1. The fourth-order valence-corrected chi connectivity index (χ4v) is 2.46. The first-order valence-electron chi connectivity index (χ1n) is 7.05. The molecular weight excluding hydrogens is 270 g/mol. The summed E-state index contributed by atoms with van der Waals surface area (Å²) in [4.78, 5) is 29.5. The summed E-state index contributed by atoms with van der Waals surface area (Å²) >= 11 is 0. The predicted molar refractivity (Wildman–Crippen MR) is 80.9 cm³/mol. The van der Waals surface area contributed by atoms with Crippen LogP contribution in [0.25, 0.3) is 0 Å². The highest BCUT2D eigenvalue weighted by molar-refractivity contribution is 6.28. The van der Waals surface area contributed by atoms with E-state index in [1.54, 1.807) is 6.08 Å². The molecule has 0 heterocycles. The molecule has 1 aliphatic rings. The van der Waals surface area contributed by atoms with Crippen LogP contribution < -0.4 is 0 Å². The number of hydrogen-bond acceptors (Lipinski definition) is 5. The van der Waals surface area contributed by atoms with E-state index in [-0.39, 0.29) is 18.8 Å². The van der Waals surface area contributed by atoms with E-state index in [2.05, 4.69) is 11.7 Å². The number of ketones is 1. The van der Waals surface area contributed by atoms with Gasteiger partial charge in [-0.3, -0.25) is 4.79 Å². The quantitative estimate of drug-likeness (QED) is 0.238. The Hall–Kier alpha value is -1.91. The fraction of sp³-hybridized carbons (Fsp3) is 0.562. The van der Waals surface area contributed by atoms with Crippen molar-refractivity contribution in [1.29, 1.82) is 0 Å². The lowest BCUT2D eigenvalue weighted by molar-refractivity contribution is -0.137. The average molecular weight is 293 g/mol.